The second-order valence-corrected chi connectivity index (χ2v) is 9.01. The number of nitrogens with one attached hydrogen (secondary N) is 1. The van der Waals surface area contributed by atoms with Gasteiger partial charge in [-0.3, -0.25) is 4.72 Å². The van der Waals surface area contributed by atoms with Crippen LogP contribution in [-0.2, 0) is 21.2 Å². The number of aliphatic hydroxyl groups is 1. The van der Waals surface area contributed by atoms with Gasteiger partial charge in [0.25, 0.3) is 10.0 Å². The minimum absolute atomic E-state index is 0.0233. The van der Waals surface area contributed by atoms with Crippen LogP contribution >= 0.6 is 0 Å². The fourth-order valence-electron chi connectivity index (χ4n) is 3.68. The first-order valence-corrected chi connectivity index (χ1v) is 11.5. The van der Waals surface area contributed by atoms with Crippen molar-refractivity contribution >= 4 is 27.4 Å². The van der Waals surface area contributed by atoms with Gasteiger partial charge in [0, 0.05) is 13.1 Å². The lowest BCUT2D eigenvalue weighted by molar-refractivity contribution is 0.0600. The molecule has 2 aromatic rings. The van der Waals surface area contributed by atoms with Crippen molar-refractivity contribution in [3.05, 3.63) is 53.1 Å². The maximum absolute atomic E-state index is 13.3. The normalized spacial score (nSPS) is 16.5. The van der Waals surface area contributed by atoms with Crippen molar-refractivity contribution in [2.45, 2.75) is 37.2 Å². The van der Waals surface area contributed by atoms with Gasteiger partial charge in [-0.05, 0) is 55.2 Å². The Morgan fingerprint density at radius 1 is 1.32 bits per heavy atom. The molecule has 1 aliphatic rings. The fourth-order valence-corrected chi connectivity index (χ4v) is 5.08. The second-order valence-electron chi connectivity index (χ2n) is 7.36. The molecule has 3 rings (SSSR count). The number of aryl methyl sites for hydroxylation is 1. The molecule has 1 saturated heterocycles. The second kappa shape index (κ2) is 9.37. The third-order valence-corrected chi connectivity index (χ3v) is 6.71. The highest BCUT2D eigenvalue weighted by atomic mass is 32.2. The Hall–Kier alpha value is -3.09. The summed E-state index contributed by atoms with van der Waals surface area (Å²) in [6, 6.07) is 11.2. The lowest BCUT2D eigenvalue weighted by Crippen LogP contribution is -2.38. The highest BCUT2D eigenvalue weighted by Crippen LogP contribution is 2.32. The van der Waals surface area contributed by atoms with Crippen molar-refractivity contribution in [1.82, 2.24) is 0 Å². The smallest absolute Gasteiger partial charge is 0.337 e. The van der Waals surface area contributed by atoms with E-state index in [-0.39, 0.29) is 16.1 Å². The number of sulfonamides is 1. The standard InChI is InChI=1S/C22H25N3O5S/c1-3-16-7-8-17(22(27)30-2)12-21(16)31(28,29)24-19-11-15(13-23)6-9-20(19)25-10-4-5-18(26)14-25/h6-9,11-12,18,24,26H,3-5,10,14H2,1-2H3. The number of carbonyl (C=O) groups excluding carboxylic acids is 1. The molecule has 9 heteroatoms. The maximum atomic E-state index is 13.3. The largest absolute Gasteiger partial charge is 0.465 e. The zero-order chi connectivity index (χ0) is 22.6. The number of β-amino-alcohol motifs (C(OH)–C–C–N with tert-alkyl or cyclic N) is 1. The van der Waals surface area contributed by atoms with Crippen molar-refractivity contribution in [3.63, 3.8) is 0 Å². The molecule has 31 heavy (non-hydrogen) atoms. The van der Waals surface area contributed by atoms with Crippen molar-refractivity contribution < 1.29 is 23.1 Å². The van der Waals surface area contributed by atoms with Gasteiger partial charge in [0.15, 0.2) is 0 Å². The third kappa shape index (κ3) is 4.98. The maximum Gasteiger partial charge on any atom is 0.337 e. The number of aliphatic hydroxyl groups excluding tert-OH is 1. The summed E-state index contributed by atoms with van der Waals surface area (Å²) in [5.41, 5.74) is 1.82. The first-order valence-electron chi connectivity index (χ1n) is 10.00. The van der Waals surface area contributed by atoms with Gasteiger partial charge < -0.3 is 14.7 Å². The Morgan fingerprint density at radius 2 is 2.10 bits per heavy atom. The third-order valence-electron chi connectivity index (χ3n) is 5.27. The molecule has 2 aromatic carbocycles. The van der Waals surface area contributed by atoms with Gasteiger partial charge in [0.2, 0.25) is 0 Å². The number of nitriles is 1. The van der Waals surface area contributed by atoms with Crippen LogP contribution in [-0.4, -0.2) is 45.8 Å². The number of rotatable bonds is 6. The molecule has 1 unspecified atom stereocenters. The van der Waals surface area contributed by atoms with Crippen LogP contribution in [0.15, 0.2) is 41.3 Å². The SMILES string of the molecule is CCc1ccc(C(=O)OC)cc1S(=O)(=O)Nc1cc(C#N)ccc1N1CCCC(O)C1. The molecule has 0 bridgehead atoms. The molecule has 1 heterocycles. The molecular formula is C22H25N3O5S. The number of esters is 1. The summed E-state index contributed by atoms with van der Waals surface area (Å²) < 4.78 is 34.0. The zero-order valence-corrected chi connectivity index (χ0v) is 18.3. The number of benzene rings is 2. The van der Waals surface area contributed by atoms with E-state index < -0.39 is 22.1 Å². The molecule has 0 amide bonds. The predicted molar refractivity (Wildman–Crippen MR) is 117 cm³/mol. The van der Waals surface area contributed by atoms with Crippen molar-refractivity contribution in [1.29, 1.82) is 5.26 Å². The summed E-state index contributed by atoms with van der Waals surface area (Å²) in [6.07, 6.45) is 1.40. The Labute approximate surface area is 182 Å². The van der Waals surface area contributed by atoms with Crippen LogP contribution in [0.25, 0.3) is 0 Å². The summed E-state index contributed by atoms with van der Waals surface area (Å²) in [7, 11) is -2.85. The summed E-state index contributed by atoms with van der Waals surface area (Å²) in [4.78, 5) is 13.8. The number of piperidine rings is 1. The quantitative estimate of drug-likeness (QED) is 0.659. The topological polar surface area (TPSA) is 120 Å². The summed E-state index contributed by atoms with van der Waals surface area (Å²) in [5.74, 6) is -0.631. The first-order chi connectivity index (χ1) is 14.8. The van der Waals surface area contributed by atoms with Gasteiger partial charge >= 0.3 is 5.97 Å². The number of nitrogens with zero attached hydrogens (tertiary/aromatic N) is 2. The van der Waals surface area contributed by atoms with Crippen LogP contribution in [0.3, 0.4) is 0 Å². The van der Waals surface area contributed by atoms with Crippen LogP contribution in [0.4, 0.5) is 11.4 Å². The molecule has 8 nitrogen and oxygen atoms in total. The van der Waals surface area contributed by atoms with Crippen LogP contribution in [0.5, 0.6) is 0 Å². The van der Waals surface area contributed by atoms with E-state index in [1.165, 1.54) is 25.3 Å². The summed E-state index contributed by atoms with van der Waals surface area (Å²) >= 11 is 0. The summed E-state index contributed by atoms with van der Waals surface area (Å²) in [6.45, 7) is 2.86. The van der Waals surface area contributed by atoms with Gasteiger partial charge in [-0.1, -0.05) is 13.0 Å². The average molecular weight is 444 g/mol. The minimum Gasteiger partial charge on any atom is -0.465 e. The molecule has 0 aromatic heterocycles. The molecule has 2 N–H and O–H groups in total. The monoisotopic (exact) mass is 443 g/mol. The molecule has 0 spiro atoms. The van der Waals surface area contributed by atoms with Crippen LogP contribution < -0.4 is 9.62 Å². The highest BCUT2D eigenvalue weighted by molar-refractivity contribution is 7.92. The van der Waals surface area contributed by atoms with Crippen LogP contribution in [0.2, 0.25) is 0 Å². The van der Waals surface area contributed by atoms with Gasteiger partial charge in [-0.2, -0.15) is 5.26 Å². The first kappa shape index (κ1) is 22.6. The molecule has 164 valence electrons. The zero-order valence-electron chi connectivity index (χ0n) is 17.5. The Bertz CT molecular complexity index is 1120. The van der Waals surface area contributed by atoms with Crippen molar-refractivity contribution in [3.8, 4) is 6.07 Å². The van der Waals surface area contributed by atoms with E-state index >= 15 is 0 Å². The Kier molecular flexibility index (Phi) is 6.83. The summed E-state index contributed by atoms with van der Waals surface area (Å²) in [5, 5.41) is 19.3. The van der Waals surface area contributed by atoms with Crippen molar-refractivity contribution in [2.24, 2.45) is 0 Å². The van der Waals surface area contributed by atoms with Crippen LogP contribution in [0.1, 0.15) is 41.3 Å². The van der Waals surface area contributed by atoms with E-state index in [4.69, 9.17) is 4.74 Å². The fraction of sp³-hybridized carbons (Fsp3) is 0.364. The number of anilines is 2. The van der Waals surface area contributed by atoms with Gasteiger partial charge in [0.1, 0.15) is 0 Å². The van der Waals surface area contributed by atoms with E-state index in [2.05, 4.69) is 4.72 Å². The molecule has 1 aliphatic heterocycles. The van der Waals surface area contributed by atoms with Crippen LogP contribution in [0, 0.1) is 11.3 Å². The molecular weight excluding hydrogens is 418 g/mol. The van der Waals surface area contributed by atoms with E-state index in [0.717, 1.165) is 6.42 Å². The lowest BCUT2D eigenvalue weighted by Gasteiger charge is -2.33. The number of methoxy groups -OCH3 is 1. The predicted octanol–water partition coefficient (Wildman–Crippen LogP) is 2.67. The van der Waals surface area contributed by atoms with E-state index in [1.54, 1.807) is 18.2 Å². The highest BCUT2D eigenvalue weighted by Gasteiger charge is 2.25. The molecule has 1 fully saturated rings. The average Bonchev–Trinajstić information content (AvgIpc) is 2.77. The number of hydrogen-bond donors (Lipinski definition) is 2. The van der Waals surface area contributed by atoms with Gasteiger partial charge in [-0.25, -0.2) is 13.2 Å². The van der Waals surface area contributed by atoms with Crippen molar-refractivity contribution in [2.75, 3.05) is 29.8 Å². The molecule has 0 aliphatic carbocycles. The van der Waals surface area contributed by atoms with Gasteiger partial charge in [0.05, 0.1) is 46.7 Å². The molecule has 0 saturated carbocycles. The van der Waals surface area contributed by atoms with Gasteiger partial charge in [-0.15, -0.1) is 0 Å². The number of carbonyl (C=O) groups is 1. The number of ether oxygens (including phenoxy) is 1. The number of hydrogen-bond acceptors (Lipinski definition) is 7. The van der Waals surface area contributed by atoms with E-state index in [9.17, 15) is 23.6 Å². The van der Waals surface area contributed by atoms with E-state index in [0.29, 0.717) is 42.7 Å². The molecule has 1 atom stereocenters. The Balaban J connectivity index is 2.05. The molecule has 0 radical (unpaired) electrons. The van der Waals surface area contributed by atoms with E-state index in [1.807, 2.05) is 17.9 Å². The lowest BCUT2D eigenvalue weighted by atomic mass is 10.1. The minimum atomic E-state index is -4.08. The Morgan fingerprint density at radius 3 is 2.74 bits per heavy atom.